The molecule has 3 saturated carbocycles. The van der Waals surface area contributed by atoms with E-state index in [4.69, 9.17) is 0 Å². The smallest absolute Gasteiger partial charge is 0.0591 e. The Bertz CT molecular complexity index is 637. The van der Waals surface area contributed by atoms with Crippen molar-refractivity contribution in [2.24, 2.45) is 40.4 Å². The maximum atomic E-state index is 10.0. The molecule has 0 aromatic heterocycles. The molecule has 1 N–H and O–H groups in total. The summed E-state index contributed by atoms with van der Waals surface area (Å²) in [6.45, 7) is 15.8. The Morgan fingerprint density at radius 1 is 0.970 bits per heavy atom. The Labute approximate surface area is 208 Å². The molecule has 7 atom stereocenters. The Balaban J connectivity index is 0.00000103. The standard InChI is InChI=1S/C27H46O.C2H6.C2H2.CH4/c1-19-9-8-11-22-21(19)13-15-24-23-14-12-20(10-6-7-16-25(2,3)28)26(23,4)17-18-27(22,24)5;2*1-2;/h13,19-20,22-24,28H,6-12,14-18H2,1-5H3;1-2H3;1-2H;1H4. The Hall–Kier alpha value is -0.740. The molecule has 1 heteroatoms. The third kappa shape index (κ3) is 6.10. The average molecular weight is 459 g/mol. The molecular formula is C32H58O. The minimum absolute atomic E-state index is 0. The first-order chi connectivity index (χ1) is 15.2. The van der Waals surface area contributed by atoms with Gasteiger partial charge in [0.25, 0.3) is 0 Å². The number of allylic oxidation sites excluding steroid dienone is 2. The van der Waals surface area contributed by atoms with Crippen LogP contribution in [0.3, 0.4) is 0 Å². The van der Waals surface area contributed by atoms with Crippen molar-refractivity contribution in [1.29, 1.82) is 0 Å². The van der Waals surface area contributed by atoms with E-state index in [0.29, 0.717) is 10.8 Å². The number of hydrogen-bond acceptors (Lipinski definition) is 1. The van der Waals surface area contributed by atoms with Crippen molar-refractivity contribution in [3.8, 4) is 12.8 Å². The molecule has 0 spiro atoms. The highest BCUT2D eigenvalue weighted by molar-refractivity contribution is 5.24. The summed E-state index contributed by atoms with van der Waals surface area (Å²) in [7, 11) is 0. The number of rotatable bonds is 5. The summed E-state index contributed by atoms with van der Waals surface area (Å²) in [6, 6.07) is 0. The van der Waals surface area contributed by atoms with E-state index < -0.39 is 5.60 Å². The average Bonchev–Trinajstić information content (AvgIpc) is 3.10. The zero-order valence-corrected chi connectivity index (χ0v) is 22.6. The molecule has 0 aromatic rings. The molecule has 0 bridgehead atoms. The van der Waals surface area contributed by atoms with E-state index in [1.807, 2.05) is 33.3 Å². The molecule has 1 nitrogen and oxygen atoms in total. The highest BCUT2D eigenvalue weighted by Gasteiger charge is 2.59. The van der Waals surface area contributed by atoms with Crippen LogP contribution in [0.5, 0.6) is 0 Å². The van der Waals surface area contributed by atoms with E-state index in [1.54, 1.807) is 0 Å². The molecule has 0 aromatic carbocycles. The van der Waals surface area contributed by atoms with Gasteiger partial charge >= 0.3 is 0 Å². The molecule has 33 heavy (non-hydrogen) atoms. The fourth-order valence-corrected chi connectivity index (χ4v) is 8.49. The van der Waals surface area contributed by atoms with Gasteiger partial charge in [-0.2, -0.15) is 0 Å². The van der Waals surface area contributed by atoms with Gasteiger partial charge in [-0.05, 0) is 112 Å². The minimum Gasteiger partial charge on any atom is -0.390 e. The maximum Gasteiger partial charge on any atom is 0.0591 e. The highest BCUT2D eigenvalue weighted by atomic mass is 16.3. The third-order valence-electron chi connectivity index (χ3n) is 10.2. The lowest BCUT2D eigenvalue weighted by atomic mass is 9.45. The lowest BCUT2D eigenvalue weighted by molar-refractivity contribution is -0.0754. The fraction of sp³-hybridized carbons (Fsp3) is 0.875. The van der Waals surface area contributed by atoms with E-state index in [-0.39, 0.29) is 7.43 Å². The van der Waals surface area contributed by atoms with Crippen LogP contribution in [-0.2, 0) is 0 Å². The van der Waals surface area contributed by atoms with Gasteiger partial charge in [0, 0.05) is 0 Å². The van der Waals surface area contributed by atoms with Crippen LogP contribution in [0.1, 0.15) is 133 Å². The normalized spacial score (nSPS) is 39.1. The SMILES string of the molecule is C.C#C.CC.CC1CCCC2C1=CCC1C3CCC(CCCCC(C)(C)O)C3(C)CCC21C. The fourth-order valence-electron chi connectivity index (χ4n) is 8.49. The summed E-state index contributed by atoms with van der Waals surface area (Å²) in [6.07, 6.45) is 27.2. The van der Waals surface area contributed by atoms with E-state index >= 15 is 0 Å². The summed E-state index contributed by atoms with van der Waals surface area (Å²) in [5.74, 6) is 4.56. The summed E-state index contributed by atoms with van der Waals surface area (Å²) in [5.41, 5.74) is 2.54. The van der Waals surface area contributed by atoms with Crippen molar-refractivity contribution in [3.63, 3.8) is 0 Å². The highest BCUT2D eigenvalue weighted by Crippen LogP contribution is 2.68. The Kier molecular flexibility index (Phi) is 11.3. The molecular weight excluding hydrogens is 400 g/mol. The molecule has 0 radical (unpaired) electrons. The summed E-state index contributed by atoms with van der Waals surface area (Å²) in [5, 5.41) is 10.0. The second-order valence-corrected chi connectivity index (χ2v) is 12.4. The molecule has 4 aliphatic rings. The van der Waals surface area contributed by atoms with Crippen LogP contribution in [0.4, 0.5) is 0 Å². The van der Waals surface area contributed by atoms with Gasteiger partial charge in [0.15, 0.2) is 0 Å². The summed E-state index contributed by atoms with van der Waals surface area (Å²) in [4.78, 5) is 0. The van der Waals surface area contributed by atoms with Gasteiger partial charge in [-0.1, -0.05) is 73.0 Å². The molecule has 0 saturated heterocycles. The van der Waals surface area contributed by atoms with Crippen LogP contribution in [0.25, 0.3) is 0 Å². The first kappa shape index (κ1) is 30.3. The molecule has 192 valence electrons. The molecule has 7 unspecified atom stereocenters. The zero-order valence-electron chi connectivity index (χ0n) is 22.6. The zero-order chi connectivity index (χ0) is 24.2. The van der Waals surface area contributed by atoms with Crippen LogP contribution in [0, 0.1) is 53.3 Å². The largest absolute Gasteiger partial charge is 0.390 e. The number of hydrogen-bond donors (Lipinski definition) is 1. The first-order valence-electron chi connectivity index (χ1n) is 13.9. The quantitative estimate of drug-likeness (QED) is 0.247. The topological polar surface area (TPSA) is 20.2 Å². The van der Waals surface area contributed by atoms with Gasteiger partial charge < -0.3 is 5.11 Å². The molecule has 0 aliphatic heterocycles. The van der Waals surface area contributed by atoms with Crippen molar-refractivity contribution in [2.45, 2.75) is 139 Å². The molecule has 4 aliphatic carbocycles. The van der Waals surface area contributed by atoms with Gasteiger partial charge in [0.2, 0.25) is 0 Å². The van der Waals surface area contributed by atoms with Gasteiger partial charge in [0.05, 0.1) is 5.60 Å². The lowest BCUT2D eigenvalue weighted by Crippen LogP contribution is -2.52. The van der Waals surface area contributed by atoms with Crippen LogP contribution >= 0.6 is 0 Å². The lowest BCUT2D eigenvalue weighted by Gasteiger charge is -2.60. The van der Waals surface area contributed by atoms with Crippen LogP contribution in [-0.4, -0.2) is 10.7 Å². The second kappa shape index (κ2) is 12.3. The van der Waals surface area contributed by atoms with Crippen LogP contribution < -0.4 is 0 Å². The summed E-state index contributed by atoms with van der Waals surface area (Å²) >= 11 is 0. The number of terminal acetylenes is 1. The van der Waals surface area contributed by atoms with E-state index in [1.165, 1.54) is 70.6 Å². The number of fused-ring (bicyclic) bond motifs is 5. The maximum absolute atomic E-state index is 10.0. The third-order valence-corrected chi connectivity index (χ3v) is 10.2. The van der Waals surface area contributed by atoms with E-state index in [9.17, 15) is 5.11 Å². The minimum atomic E-state index is -0.488. The van der Waals surface area contributed by atoms with Crippen molar-refractivity contribution >= 4 is 0 Å². The van der Waals surface area contributed by atoms with Gasteiger partial charge in [-0.15, -0.1) is 12.8 Å². The molecule has 0 heterocycles. The van der Waals surface area contributed by atoms with Crippen molar-refractivity contribution in [1.82, 2.24) is 0 Å². The van der Waals surface area contributed by atoms with Crippen molar-refractivity contribution in [3.05, 3.63) is 11.6 Å². The Morgan fingerprint density at radius 3 is 2.24 bits per heavy atom. The van der Waals surface area contributed by atoms with E-state index in [0.717, 1.165) is 36.0 Å². The predicted molar refractivity (Wildman–Crippen MR) is 147 cm³/mol. The van der Waals surface area contributed by atoms with Crippen molar-refractivity contribution in [2.75, 3.05) is 0 Å². The van der Waals surface area contributed by atoms with Gasteiger partial charge in [-0.25, -0.2) is 0 Å². The Morgan fingerprint density at radius 2 is 1.61 bits per heavy atom. The second-order valence-electron chi connectivity index (χ2n) is 12.4. The molecule has 4 rings (SSSR count). The first-order valence-corrected chi connectivity index (χ1v) is 13.9. The number of aliphatic hydroxyl groups is 1. The van der Waals surface area contributed by atoms with Crippen molar-refractivity contribution < 1.29 is 5.11 Å². The predicted octanol–water partition coefficient (Wildman–Crippen LogP) is 9.44. The van der Waals surface area contributed by atoms with Gasteiger partial charge in [0.1, 0.15) is 0 Å². The number of unbranched alkanes of at least 4 members (excludes halogenated alkanes) is 1. The van der Waals surface area contributed by atoms with E-state index in [2.05, 4.69) is 39.7 Å². The van der Waals surface area contributed by atoms with Gasteiger partial charge in [-0.3, -0.25) is 0 Å². The monoisotopic (exact) mass is 458 g/mol. The summed E-state index contributed by atoms with van der Waals surface area (Å²) < 4.78 is 0. The molecule has 3 fully saturated rings. The van der Waals surface area contributed by atoms with Crippen LogP contribution in [0.2, 0.25) is 0 Å². The van der Waals surface area contributed by atoms with Crippen LogP contribution in [0.15, 0.2) is 11.6 Å². The molecule has 0 amide bonds.